The number of rotatable bonds is 5. The molecule has 5 aliphatic rings. The van der Waals surface area contributed by atoms with Crippen LogP contribution in [0.3, 0.4) is 0 Å². The Bertz CT molecular complexity index is 1000. The zero-order valence-electron chi connectivity index (χ0n) is 17.6. The lowest BCUT2D eigenvalue weighted by Crippen LogP contribution is -2.47. The van der Waals surface area contributed by atoms with Gasteiger partial charge in [-0.3, -0.25) is 4.79 Å². The van der Waals surface area contributed by atoms with E-state index in [2.05, 4.69) is 43.9 Å². The number of amides is 1. The predicted octanol–water partition coefficient (Wildman–Crippen LogP) is 2.95. The third-order valence-corrected chi connectivity index (χ3v) is 8.92. The maximum Gasteiger partial charge on any atom is 0.250 e. The number of aromatic nitrogens is 1. The second-order valence-corrected chi connectivity index (χ2v) is 10.5. The molecule has 4 aliphatic carbocycles. The van der Waals surface area contributed by atoms with Crippen LogP contribution in [0.5, 0.6) is 0 Å². The molecule has 3 fully saturated rings. The fourth-order valence-corrected chi connectivity index (χ4v) is 6.68. The third-order valence-electron chi connectivity index (χ3n) is 8.19. The molecule has 0 saturated heterocycles. The van der Waals surface area contributed by atoms with Crippen molar-refractivity contribution in [2.75, 3.05) is 0 Å². The smallest absolute Gasteiger partial charge is 0.250 e. The van der Waals surface area contributed by atoms with Gasteiger partial charge in [-0.2, -0.15) is 0 Å². The Balaban J connectivity index is 1.14. The minimum Gasteiger partial charge on any atom is -0.366 e. The summed E-state index contributed by atoms with van der Waals surface area (Å²) < 4.78 is 3.27. The molecule has 0 radical (unpaired) electrons. The summed E-state index contributed by atoms with van der Waals surface area (Å²) in [6.45, 7) is 0. The molecule has 1 aromatic rings. The van der Waals surface area contributed by atoms with Crippen LogP contribution in [0.1, 0.15) is 63.0 Å². The van der Waals surface area contributed by atoms with E-state index in [0.29, 0.717) is 28.4 Å². The Labute approximate surface area is 186 Å². The molecule has 7 nitrogen and oxygen atoms in total. The van der Waals surface area contributed by atoms with Crippen LogP contribution >= 0.6 is 11.5 Å². The summed E-state index contributed by atoms with van der Waals surface area (Å²) in [5, 5.41) is 12.4. The molecule has 1 aromatic heterocycles. The fourth-order valence-electron chi connectivity index (χ4n) is 6.10. The monoisotopic (exact) mass is 438 g/mol. The van der Waals surface area contributed by atoms with Crippen molar-refractivity contribution in [3.05, 3.63) is 46.8 Å². The van der Waals surface area contributed by atoms with Gasteiger partial charge in [0.1, 0.15) is 0 Å². The number of allylic oxidation sites excluding steroid dienone is 3. The van der Waals surface area contributed by atoms with Crippen molar-refractivity contribution in [1.82, 2.24) is 20.3 Å². The number of carbonyl (C=O) groups excluding carboxylic acids is 1. The summed E-state index contributed by atoms with van der Waals surface area (Å²) in [7, 11) is 0. The summed E-state index contributed by atoms with van der Waals surface area (Å²) >= 11 is 1.62. The van der Waals surface area contributed by atoms with Crippen molar-refractivity contribution in [1.29, 1.82) is 0 Å². The molecular weight excluding hydrogens is 408 g/mol. The van der Waals surface area contributed by atoms with Gasteiger partial charge in [-0.1, -0.05) is 36.5 Å². The largest absolute Gasteiger partial charge is 0.366 e. The van der Waals surface area contributed by atoms with Crippen LogP contribution < -0.4 is 21.7 Å². The maximum absolute atomic E-state index is 12.0. The van der Waals surface area contributed by atoms with E-state index < -0.39 is 12.1 Å². The quantitative estimate of drug-likeness (QED) is 0.487. The van der Waals surface area contributed by atoms with Gasteiger partial charge >= 0.3 is 0 Å². The summed E-state index contributed by atoms with van der Waals surface area (Å²) in [6, 6.07) is 0.487. The Hall–Kier alpha value is -2.48. The molecule has 1 aliphatic heterocycles. The summed E-state index contributed by atoms with van der Waals surface area (Å²) in [4.78, 5) is 16.8. The number of guanidine groups is 1. The Kier molecular flexibility index (Phi) is 4.35. The maximum atomic E-state index is 12.0. The van der Waals surface area contributed by atoms with E-state index in [-0.39, 0.29) is 0 Å². The van der Waals surface area contributed by atoms with Gasteiger partial charge in [-0.25, -0.2) is 4.99 Å². The van der Waals surface area contributed by atoms with Crippen molar-refractivity contribution in [2.45, 2.75) is 69.5 Å². The minimum absolute atomic E-state index is 0.392. The standard InChI is InChI=1S/C23H30N6OS/c24-19(30)16-12-25-21(27-18-11-23(18)8-2-1-7-22(23)9-10-22)28-20(16)26-15-5-3-14(4-6-15)17-13-31-29-17/h3,5-6,12-14,18,20,26,29H,1-2,4,7-11H2,(H2,24,30)(H2,25,27,28). The molecule has 8 heteroatoms. The van der Waals surface area contributed by atoms with Crippen LogP contribution in [0.15, 0.2) is 46.1 Å². The molecule has 2 spiro atoms. The first-order chi connectivity index (χ1) is 15.1. The molecular formula is C23H30N6OS. The lowest BCUT2D eigenvalue weighted by Gasteiger charge is -2.34. The lowest BCUT2D eigenvalue weighted by atomic mass is 9.73. The molecule has 6 N–H and O–H groups in total. The summed E-state index contributed by atoms with van der Waals surface area (Å²) in [6.07, 6.45) is 18.1. The van der Waals surface area contributed by atoms with Gasteiger partial charge in [0.2, 0.25) is 5.91 Å². The van der Waals surface area contributed by atoms with E-state index in [1.54, 1.807) is 17.7 Å². The van der Waals surface area contributed by atoms with Gasteiger partial charge in [0.05, 0.1) is 5.57 Å². The average molecular weight is 439 g/mol. The molecule has 4 atom stereocenters. The normalized spacial score (nSPS) is 35.1. The summed E-state index contributed by atoms with van der Waals surface area (Å²) in [5.74, 6) is 0.673. The van der Waals surface area contributed by atoms with Gasteiger partial charge in [0.25, 0.3) is 0 Å². The van der Waals surface area contributed by atoms with Crippen LogP contribution in [0, 0.1) is 10.8 Å². The van der Waals surface area contributed by atoms with Crippen LogP contribution in [-0.2, 0) is 4.79 Å². The van der Waals surface area contributed by atoms with Gasteiger partial charge < -0.3 is 26.1 Å². The second kappa shape index (κ2) is 7.02. The highest BCUT2D eigenvalue weighted by Gasteiger charge is 2.71. The Morgan fingerprint density at radius 2 is 2.06 bits per heavy atom. The predicted molar refractivity (Wildman–Crippen MR) is 122 cm³/mol. The molecule has 0 bridgehead atoms. The van der Waals surface area contributed by atoms with E-state index in [1.165, 1.54) is 50.6 Å². The van der Waals surface area contributed by atoms with Gasteiger partial charge in [-0.05, 0) is 55.4 Å². The van der Waals surface area contributed by atoms with Crippen molar-refractivity contribution in [3.63, 3.8) is 0 Å². The average Bonchev–Trinajstić information content (AvgIpc) is 3.62. The highest BCUT2D eigenvalue weighted by molar-refractivity contribution is 7.04. The minimum atomic E-state index is -0.485. The number of fused-ring (bicyclic) bond motifs is 1. The molecule has 4 unspecified atom stereocenters. The Morgan fingerprint density at radius 1 is 1.23 bits per heavy atom. The van der Waals surface area contributed by atoms with Crippen molar-refractivity contribution in [3.8, 4) is 0 Å². The number of nitrogens with two attached hydrogens (primary N) is 1. The van der Waals surface area contributed by atoms with Gasteiger partial charge in [-0.15, -0.1) is 0 Å². The third kappa shape index (κ3) is 3.23. The SMILES string of the molecule is NC(=O)C1=CNC(NC2CC23CCCCC32CC2)=NC1NC1=CCC(c2cs[nH]2)C=C1. The number of H-pyrrole nitrogens is 1. The van der Waals surface area contributed by atoms with E-state index in [0.717, 1.165) is 18.1 Å². The fraction of sp³-hybridized carbons (Fsp3) is 0.565. The van der Waals surface area contributed by atoms with E-state index in [4.69, 9.17) is 10.7 Å². The number of nitrogens with one attached hydrogen (secondary N) is 4. The lowest BCUT2D eigenvalue weighted by molar-refractivity contribution is -0.114. The molecule has 2 heterocycles. The van der Waals surface area contributed by atoms with Crippen molar-refractivity contribution >= 4 is 23.4 Å². The molecule has 6 rings (SSSR count). The van der Waals surface area contributed by atoms with Crippen LogP contribution in [-0.4, -0.2) is 28.4 Å². The molecule has 3 saturated carbocycles. The first-order valence-corrected chi connectivity index (χ1v) is 12.3. The van der Waals surface area contributed by atoms with Crippen LogP contribution in [0.25, 0.3) is 0 Å². The number of aliphatic imine (C=N–C) groups is 1. The zero-order chi connectivity index (χ0) is 21.1. The first-order valence-electron chi connectivity index (χ1n) is 11.5. The van der Waals surface area contributed by atoms with E-state index >= 15 is 0 Å². The number of nitrogens with zero attached hydrogens (tertiary/aromatic N) is 1. The second-order valence-electron chi connectivity index (χ2n) is 9.83. The number of carbonyl (C=O) groups is 1. The van der Waals surface area contributed by atoms with Gasteiger partial charge in [0.15, 0.2) is 12.1 Å². The van der Waals surface area contributed by atoms with Crippen molar-refractivity contribution in [2.24, 2.45) is 21.6 Å². The molecule has 0 aromatic carbocycles. The highest BCUT2D eigenvalue weighted by Crippen LogP contribution is 2.75. The van der Waals surface area contributed by atoms with Crippen LogP contribution in [0.2, 0.25) is 0 Å². The van der Waals surface area contributed by atoms with Crippen LogP contribution in [0.4, 0.5) is 0 Å². The van der Waals surface area contributed by atoms with Crippen molar-refractivity contribution < 1.29 is 4.79 Å². The molecule has 31 heavy (non-hydrogen) atoms. The number of hydrogen-bond donors (Lipinski definition) is 5. The first kappa shape index (κ1) is 19.2. The number of hydrogen-bond acceptors (Lipinski definition) is 6. The highest BCUT2D eigenvalue weighted by atomic mass is 32.1. The zero-order valence-corrected chi connectivity index (χ0v) is 18.4. The number of primary amides is 1. The topological polar surface area (TPSA) is 107 Å². The Morgan fingerprint density at radius 3 is 2.74 bits per heavy atom. The molecule has 1 amide bonds. The molecule has 164 valence electrons. The van der Waals surface area contributed by atoms with E-state index in [9.17, 15) is 4.79 Å². The number of aromatic amines is 1. The van der Waals surface area contributed by atoms with E-state index in [1.807, 2.05) is 0 Å². The van der Waals surface area contributed by atoms with Gasteiger partial charge in [0, 0.05) is 34.9 Å². The summed E-state index contributed by atoms with van der Waals surface area (Å²) in [5.41, 5.74) is 9.38.